The summed E-state index contributed by atoms with van der Waals surface area (Å²) < 4.78 is 18.9. The van der Waals surface area contributed by atoms with Crippen molar-refractivity contribution in [1.82, 2.24) is 5.32 Å². The molecule has 0 amide bonds. The fraction of sp³-hybridized carbons (Fsp3) is 0.538. The van der Waals surface area contributed by atoms with Gasteiger partial charge in [-0.15, -0.1) is 0 Å². The van der Waals surface area contributed by atoms with Gasteiger partial charge < -0.3 is 10.1 Å². The molecule has 2 unspecified atom stereocenters. The van der Waals surface area contributed by atoms with E-state index < -0.39 is 0 Å². The third kappa shape index (κ3) is 2.53. The highest BCUT2D eigenvalue weighted by atomic mass is 19.1. The van der Waals surface area contributed by atoms with Gasteiger partial charge in [0.25, 0.3) is 0 Å². The van der Waals surface area contributed by atoms with Crippen molar-refractivity contribution in [2.24, 2.45) is 0 Å². The lowest BCUT2D eigenvalue weighted by molar-refractivity contribution is 0.206. The summed E-state index contributed by atoms with van der Waals surface area (Å²) in [6.07, 6.45) is 3.53. The smallest absolute Gasteiger partial charge is 0.126 e. The quantitative estimate of drug-likeness (QED) is 0.850. The first-order valence-corrected chi connectivity index (χ1v) is 5.79. The molecule has 0 radical (unpaired) electrons. The lowest BCUT2D eigenvalue weighted by Crippen LogP contribution is -2.23. The summed E-state index contributed by atoms with van der Waals surface area (Å²) in [6.45, 7) is 1.76. The van der Waals surface area contributed by atoms with E-state index in [2.05, 4.69) is 5.32 Å². The summed E-state index contributed by atoms with van der Waals surface area (Å²) in [6, 6.07) is 5.50. The minimum Gasteiger partial charge on any atom is -0.490 e. The zero-order valence-electron chi connectivity index (χ0n) is 9.79. The van der Waals surface area contributed by atoms with E-state index in [0.29, 0.717) is 11.6 Å². The molecule has 88 valence electrons. The first-order valence-electron chi connectivity index (χ1n) is 5.79. The van der Waals surface area contributed by atoms with E-state index in [1.165, 1.54) is 6.07 Å². The van der Waals surface area contributed by atoms with Crippen LogP contribution < -0.4 is 10.1 Å². The van der Waals surface area contributed by atoms with Gasteiger partial charge in [0, 0.05) is 6.04 Å². The van der Waals surface area contributed by atoms with Gasteiger partial charge in [0.2, 0.25) is 0 Å². The molecule has 0 aromatic heterocycles. The van der Waals surface area contributed by atoms with Crippen molar-refractivity contribution in [3.63, 3.8) is 0 Å². The number of hydrogen-bond donors (Lipinski definition) is 1. The fourth-order valence-corrected chi connectivity index (χ4v) is 2.19. The SMILES string of the molecule is CNC1CCC(Oc2ccc(F)c(C)c2)C1. The van der Waals surface area contributed by atoms with Gasteiger partial charge >= 0.3 is 0 Å². The minimum absolute atomic E-state index is 0.174. The molecule has 3 heteroatoms. The Morgan fingerprint density at radius 3 is 2.81 bits per heavy atom. The second kappa shape index (κ2) is 4.83. The molecule has 1 N–H and O–H groups in total. The lowest BCUT2D eigenvalue weighted by Gasteiger charge is -2.14. The van der Waals surface area contributed by atoms with Crippen LogP contribution in [-0.2, 0) is 0 Å². The normalized spacial score (nSPS) is 24.7. The van der Waals surface area contributed by atoms with Crippen LogP contribution in [0, 0.1) is 12.7 Å². The molecule has 0 saturated heterocycles. The number of rotatable bonds is 3. The predicted molar refractivity (Wildman–Crippen MR) is 62.3 cm³/mol. The summed E-state index contributed by atoms with van der Waals surface area (Å²) >= 11 is 0. The molecule has 1 aromatic rings. The maximum Gasteiger partial charge on any atom is 0.126 e. The van der Waals surface area contributed by atoms with Gasteiger partial charge in [-0.05, 0) is 57.0 Å². The van der Waals surface area contributed by atoms with Crippen LogP contribution in [0.2, 0.25) is 0 Å². The van der Waals surface area contributed by atoms with Gasteiger partial charge in [0.05, 0.1) is 0 Å². The molecule has 2 nitrogen and oxygen atoms in total. The monoisotopic (exact) mass is 223 g/mol. The second-order valence-corrected chi connectivity index (χ2v) is 4.45. The molecular formula is C13H18FNO. The Bertz CT molecular complexity index is 367. The number of nitrogens with one attached hydrogen (secondary N) is 1. The number of ether oxygens (including phenoxy) is 1. The van der Waals surface area contributed by atoms with E-state index in [4.69, 9.17) is 4.74 Å². The number of halogens is 1. The molecule has 2 rings (SSSR count). The highest BCUT2D eigenvalue weighted by molar-refractivity contribution is 5.29. The van der Waals surface area contributed by atoms with Crippen LogP contribution >= 0.6 is 0 Å². The van der Waals surface area contributed by atoms with Gasteiger partial charge in [-0.2, -0.15) is 0 Å². The Balaban J connectivity index is 1.97. The van der Waals surface area contributed by atoms with Crippen molar-refractivity contribution in [3.8, 4) is 5.75 Å². The van der Waals surface area contributed by atoms with E-state index in [1.807, 2.05) is 7.05 Å². The predicted octanol–water partition coefficient (Wildman–Crippen LogP) is 2.65. The first kappa shape index (κ1) is 11.4. The molecule has 2 atom stereocenters. The highest BCUT2D eigenvalue weighted by Gasteiger charge is 2.24. The average Bonchev–Trinajstić information content (AvgIpc) is 2.71. The minimum atomic E-state index is -0.174. The third-order valence-electron chi connectivity index (χ3n) is 3.22. The summed E-state index contributed by atoms with van der Waals surface area (Å²) in [5, 5.41) is 3.26. The van der Waals surface area contributed by atoms with E-state index in [9.17, 15) is 4.39 Å². The molecule has 0 aliphatic heterocycles. The van der Waals surface area contributed by atoms with Crippen LogP contribution in [0.5, 0.6) is 5.75 Å². The molecule has 0 spiro atoms. The number of benzene rings is 1. The van der Waals surface area contributed by atoms with Crippen LogP contribution in [0.25, 0.3) is 0 Å². The molecular weight excluding hydrogens is 205 g/mol. The third-order valence-corrected chi connectivity index (χ3v) is 3.22. The molecule has 1 saturated carbocycles. The van der Waals surface area contributed by atoms with E-state index in [-0.39, 0.29) is 11.9 Å². The topological polar surface area (TPSA) is 21.3 Å². The largest absolute Gasteiger partial charge is 0.490 e. The fourth-order valence-electron chi connectivity index (χ4n) is 2.19. The van der Waals surface area contributed by atoms with Crippen molar-refractivity contribution >= 4 is 0 Å². The van der Waals surface area contributed by atoms with Crippen molar-refractivity contribution in [2.75, 3.05) is 7.05 Å². The average molecular weight is 223 g/mol. The van der Waals surface area contributed by atoms with Crippen molar-refractivity contribution < 1.29 is 9.13 Å². The van der Waals surface area contributed by atoms with Crippen molar-refractivity contribution in [3.05, 3.63) is 29.6 Å². The molecule has 1 fully saturated rings. The Kier molecular flexibility index (Phi) is 3.44. The Labute approximate surface area is 95.8 Å². The van der Waals surface area contributed by atoms with Gasteiger partial charge in [0.1, 0.15) is 17.7 Å². The van der Waals surface area contributed by atoms with Crippen LogP contribution in [0.1, 0.15) is 24.8 Å². The van der Waals surface area contributed by atoms with E-state index in [0.717, 1.165) is 25.0 Å². The molecule has 0 bridgehead atoms. The van der Waals surface area contributed by atoms with E-state index in [1.54, 1.807) is 19.1 Å². The zero-order valence-corrected chi connectivity index (χ0v) is 9.79. The summed E-state index contributed by atoms with van der Waals surface area (Å²) in [4.78, 5) is 0. The molecule has 1 aliphatic carbocycles. The Morgan fingerprint density at radius 1 is 1.38 bits per heavy atom. The summed E-state index contributed by atoms with van der Waals surface area (Å²) in [7, 11) is 1.98. The standard InChI is InChI=1S/C13H18FNO/c1-9-7-11(5-6-13(9)14)16-12-4-3-10(8-12)15-2/h5-7,10,12,15H,3-4,8H2,1-2H3. The molecule has 1 aliphatic rings. The van der Waals surface area contributed by atoms with Gasteiger partial charge in [-0.1, -0.05) is 0 Å². The first-order chi connectivity index (χ1) is 7.69. The number of aryl methyl sites for hydroxylation is 1. The zero-order chi connectivity index (χ0) is 11.5. The van der Waals surface area contributed by atoms with Crippen LogP contribution in [0.15, 0.2) is 18.2 Å². The van der Waals surface area contributed by atoms with Crippen molar-refractivity contribution in [1.29, 1.82) is 0 Å². The van der Waals surface area contributed by atoms with E-state index >= 15 is 0 Å². The maximum atomic E-state index is 13.1. The summed E-state index contributed by atoms with van der Waals surface area (Å²) in [5.74, 6) is 0.604. The highest BCUT2D eigenvalue weighted by Crippen LogP contribution is 2.25. The Hall–Kier alpha value is -1.09. The molecule has 0 heterocycles. The second-order valence-electron chi connectivity index (χ2n) is 4.45. The molecule has 16 heavy (non-hydrogen) atoms. The molecule has 1 aromatic carbocycles. The maximum absolute atomic E-state index is 13.1. The summed E-state index contributed by atoms with van der Waals surface area (Å²) in [5.41, 5.74) is 0.640. The van der Waals surface area contributed by atoms with Gasteiger partial charge in [-0.25, -0.2) is 4.39 Å². The van der Waals surface area contributed by atoms with Crippen LogP contribution in [0.3, 0.4) is 0 Å². The van der Waals surface area contributed by atoms with Crippen molar-refractivity contribution in [2.45, 2.75) is 38.3 Å². The van der Waals surface area contributed by atoms with Gasteiger partial charge in [0.15, 0.2) is 0 Å². The number of hydrogen-bond acceptors (Lipinski definition) is 2. The van der Waals surface area contributed by atoms with Crippen LogP contribution in [0.4, 0.5) is 4.39 Å². The van der Waals surface area contributed by atoms with Gasteiger partial charge in [-0.3, -0.25) is 0 Å². The lowest BCUT2D eigenvalue weighted by atomic mass is 10.2. The Morgan fingerprint density at radius 2 is 2.19 bits per heavy atom. The van der Waals surface area contributed by atoms with Crippen LogP contribution in [-0.4, -0.2) is 19.2 Å².